The van der Waals surface area contributed by atoms with Crippen LogP contribution in [0.15, 0.2) is 17.8 Å². The largest absolute Gasteiger partial charge is 0.313 e. The number of hydrogen-bond donors (Lipinski definition) is 1. The van der Waals surface area contributed by atoms with Gasteiger partial charge in [-0.05, 0) is 31.5 Å². The summed E-state index contributed by atoms with van der Waals surface area (Å²) in [4.78, 5) is 0. The summed E-state index contributed by atoms with van der Waals surface area (Å²) < 4.78 is 1.84. The van der Waals surface area contributed by atoms with Crippen molar-refractivity contribution in [1.29, 1.82) is 0 Å². The number of aryl methyl sites for hydroxylation is 1. The second kappa shape index (κ2) is 3.75. The van der Waals surface area contributed by atoms with Gasteiger partial charge in [-0.25, -0.2) is 0 Å². The zero-order valence-corrected chi connectivity index (χ0v) is 7.95. The third-order valence-corrected chi connectivity index (χ3v) is 2.29. The molecule has 2 heterocycles. The van der Waals surface area contributed by atoms with Crippen molar-refractivity contribution in [2.45, 2.75) is 12.8 Å². The SMILES string of the molecule is Cn1ccc(/C=C2/CCCNC2)n1. The number of hydrogen-bond acceptors (Lipinski definition) is 2. The Bertz CT molecular complexity index is 304. The summed E-state index contributed by atoms with van der Waals surface area (Å²) in [7, 11) is 1.95. The van der Waals surface area contributed by atoms with Gasteiger partial charge in [0, 0.05) is 19.8 Å². The predicted molar refractivity (Wildman–Crippen MR) is 53.3 cm³/mol. The van der Waals surface area contributed by atoms with Crippen LogP contribution in [0.3, 0.4) is 0 Å². The van der Waals surface area contributed by atoms with Crippen molar-refractivity contribution < 1.29 is 0 Å². The first kappa shape index (κ1) is 8.51. The quantitative estimate of drug-likeness (QED) is 0.698. The molecule has 0 amide bonds. The number of rotatable bonds is 1. The lowest BCUT2D eigenvalue weighted by Gasteiger charge is -2.14. The van der Waals surface area contributed by atoms with Gasteiger partial charge in [-0.15, -0.1) is 0 Å². The maximum Gasteiger partial charge on any atom is 0.0850 e. The van der Waals surface area contributed by atoms with E-state index in [0.29, 0.717) is 0 Å². The molecule has 13 heavy (non-hydrogen) atoms. The molecule has 1 aliphatic rings. The Hall–Kier alpha value is -1.09. The molecular weight excluding hydrogens is 162 g/mol. The van der Waals surface area contributed by atoms with Crippen molar-refractivity contribution in [3.8, 4) is 0 Å². The van der Waals surface area contributed by atoms with Crippen LogP contribution >= 0.6 is 0 Å². The summed E-state index contributed by atoms with van der Waals surface area (Å²) in [6.07, 6.45) is 6.62. The fourth-order valence-corrected chi connectivity index (χ4v) is 1.62. The average molecular weight is 177 g/mol. The molecule has 0 aliphatic carbocycles. The highest BCUT2D eigenvalue weighted by Crippen LogP contribution is 2.12. The van der Waals surface area contributed by atoms with Gasteiger partial charge in [-0.3, -0.25) is 4.68 Å². The second-order valence-electron chi connectivity index (χ2n) is 3.50. The summed E-state index contributed by atoms with van der Waals surface area (Å²) in [5.41, 5.74) is 2.53. The summed E-state index contributed by atoms with van der Waals surface area (Å²) in [6.45, 7) is 2.18. The molecule has 0 unspecified atom stereocenters. The molecule has 1 aromatic rings. The number of nitrogens with one attached hydrogen (secondary N) is 1. The van der Waals surface area contributed by atoms with E-state index < -0.39 is 0 Å². The van der Waals surface area contributed by atoms with E-state index in [4.69, 9.17) is 0 Å². The molecule has 0 bridgehead atoms. The first-order valence-corrected chi connectivity index (χ1v) is 4.74. The zero-order chi connectivity index (χ0) is 9.10. The van der Waals surface area contributed by atoms with Crippen LogP contribution in [0.5, 0.6) is 0 Å². The van der Waals surface area contributed by atoms with Gasteiger partial charge >= 0.3 is 0 Å². The third-order valence-electron chi connectivity index (χ3n) is 2.29. The number of nitrogens with zero attached hydrogens (tertiary/aromatic N) is 2. The molecule has 1 aliphatic heterocycles. The van der Waals surface area contributed by atoms with Crippen molar-refractivity contribution in [3.05, 3.63) is 23.5 Å². The van der Waals surface area contributed by atoms with Crippen LogP contribution < -0.4 is 5.32 Å². The van der Waals surface area contributed by atoms with Crippen molar-refractivity contribution in [2.24, 2.45) is 7.05 Å². The Balaban J connectivity index is 2.09. The molecule has 3 nitrogen and oxygen atoms in total. The molecule has 3 heteroatoms. The lowest BCUT2D eigenvalue weighted by atomic mass is 10.1. The maximum absolute atomic E-state index is 4.32. The van der Waals surface area contributed by atoms with Gasteiger partial charge in [0.2, 0.25) is 0 Å². The minimum Gasteiger partial charge on any atom is -0.313 e. The number of piperidine rings is 1. The van der Waals surface area contributed by atoms with E-state index in [1.165, 1.54) is 18.4 Å². The van der Waals surface area contributed by atoms with E-state index in [2.05, 4.69) is 16.5 Å². The van der Waals surface area contributed by atoms with E-state index in [1.54, 1.807) is 0 Å². The minimum atomic E-state index is 1.02. The van der Waals surface area contributed by atoms with Crippen LogP contribution in [0.25, 0.3) is 6.08 Å². The second-order valence-corrected chi connectivity index (χ2v) is 3.50. The number of aromatic nitrogens is 2. The van der Waals surface area contributed by atoms with Crippen molar-refractivity contribution in [2.75, 3.05) is 13.1 Å². The zero-order valence-electron chi connectivity index (χ0n) is 7.95. The van der Waals surface area contributed by atoms with Crippen LogP contribution in [0, 0.1) is 0 Å². The summed E-state index contributed by atoms with van der Waals surface area (Å²) >= 11 is 0. The van der Waals surface area contributed by atoms with Crippen LogP contribution in [0.2, 0.25) is 0 Å². The van der Waals surface area contributed by atoms with Crippen molar-refractivity contribution in [1.82, 2.24) is 15.1 Å². The van der Waals surface area contributed by atoms with Crippen LogP contribution in [-0.2, 0) is 7.05 Å². The highest BCUT2D eigenvalue weighted by molar-refractivity contribution is 5.49. The molecule has 1 fully saturated rings. The lowest BCUT2D eigenvalue weighted by Crippen LogP contribution is -2.23. The highest BCUT2D eigenvalue weighted by Gasteiger charge is 2.04. The van der Waals surface area contributed by atoms with E-state index in [0.717, 1.165) is 18.8 Å². The molecule has 0 radical (unpaired) electrons. The van der Waals surface area contributed by atoms with Crippen LogP contribution in [-0.4, -0.2) is 22.9 Å². The fraction of sp³-hybridized carbons (Fsp3) is 0.500. The van der Waals surface area contributed by atoms with Crippen LogP contribution in [0.4, 0.5) is 0 Å². The monoisotopic (exact) mass is 177 g/mol. The van der Waals surface area contributed by atoms with Gasteiger partial charge in [0.25, 0.3) is 0 Å². The Morgan fingerprint density at radius 1 is 1.62 bits per heavy atom. The van der Waals surface area contributed by atoms with Gasteiger partial charge in [0.1, 0.15) is 0 Å². The molecule has 0 saturated carbocycles. The van der Waals surface area contributed by atoms with Gasteiger partial charge in [-0.2, -0.15) is 5.10 Å². The highest BCUT2D eigenvalue weighted by atomic mass is 15.2. The molecule has 1 saturated heterocycles. The minimum absolute atomic E-state index is 1.02. The smallest absolute Gasteiger partial charge is 0.0850 e. The fourth-order valence-electron chi connectivity index (χ4n) is 1.62. The molecule has 2 rings (SSSR count). The molecule has 0 aromatic carbocycles. The van der Waals surface area contributed by atoms with Crippen molar-refractivity contribution in [3.63, 3.8) is 0 Å². The third kappa shape index (κ3) is 2.18. The first-order chi connectivity index (χ1) is 6.34. The average Bonchev–Trinajstić information content (AvgIpc) is 2.53. The molecule has 0 atom stereocenters. The summed E-state index contributed by atoms with van der Waals surface area (Å²) in [5, 5.41) is 7.68. The van der Waals surface area contributed by atoms with Crippen molar-refractivity contribution >= 4 is 6.08 Å². The molecule has 70 valence electrons. The lowest BCUT2D eigenvalue weighted by molar-refractivity contribution is 0.613. The Kier molecular flexibility index (Phi) is 2.45. The molecule has 1 N–H and O–H groups in total. The van der Waals surface area contributed by atoms with E-state index >= 15 is 0 Å². The Morgan fingerprint density at radius 2 is 2.54 bits per heavy atom. The van der Waals surface area contributed by atoms with Crippen LogP contribution in [0.1, 0.15) is 18.5 Å². The standard InChI is InChI=1S/C10H15N3/c1-13-6-4-10(12-13)7-9-3-2-5-11-8-9/h4,6-7,11H,2-3,5,8H2,1H3/b9-7-. The Labute approximate surface area is 78.4 Å². The Morgan fingerprint density at radius 3 is 3.15 bits per heavy atom. The molecular formula is C10H15N3. The topological polar surface area (TPSA) is 29.9 Å². The van der Waals surface area contributed by atoms with Gasteiger partial charge in [0.15, 0.2) is 0 Å². The van der Waals surface area contributed by atoms with E-state index in [-0.39, 0.29) is 0 Å². The maximum atomic E-state index is 4.32. The predicted octanol–water partition coefficient (Wildman–Crippen LogP) is 1.19. The normalized spacial score (nSPS) is 20.8. The molecule has 1 aromatic heterocycles. The van der Waals surface area contributed by atoms with Gasteiger partial charge in [-0.1, -0.05) is 5.57 Å². The van der Waals surface area contributed by atoms with E-state index in [9.17, 15) is 0 Å². The summed E-state index contributed by atoms with van der Waals surface area (Å²) in [6, 6.07) is 2.04. The van der Waals surface area contributed by atoms with Gasteiger partial charge < -0.3 is 5.32 Å². The molecule has 0 spiro atoms. The first-order valence-electron chi connectivity index (χ1n) is 4.74. The summed E-state index contributed by atoms with van der Waals surface area (Å²) in [5.74, 6) is 0. The van der Waals surface area contributed by atoms with Gasteiger partial charge in [0.05, 0.1) is 5.69 Å². The van der Waals surface area contributed by atoms with E-state index in [1.807, 2.05) is 24.0 Å².